The summed E-state index contributed by atoms with van der Waals surface area (Å²) in [7, 11) is -4.52. The molecule has 10 nitrogen and oxygen atoms in total. The molecule has 0 bridgehead atoms. The zero-order valence-corrected chi connectivity index (χ0v) is 20.3. The van der Waals surface area contributed by atoms with Crippen LogP contribution in [0.25, 0.3) is 11.1 Å². The van der Waals surface area contributed by atoms with Crippen LogP contribution in [0.15, 0.2) is 71.6 Å². The maximum absolute atomic E-state index is 13.2. The number of hydrogen-bond acceptors (Lipinski definition) is 8. The Balaban J connectivity index is 1.32. The Bertz CT molecular complexity index is 1540. The summed E-state index contributed by atoms with van der Waals surface area (Å²) < 4.78 is 32.3. The number of hydrogen-bond donors (Lipinski definition) is 1. The molecule has 0 spiro atoms. The molecule has 1 aliphatic carbocycles. The lowest BCUT2D eigenvalue weighted by Crippen LogP contribution is -2.42. The van der Waals surface area contributed by atoms with Crippen molar-refractivity contribution in [2.24, 2.45) is 0 Å². The summed E-state index contributed by atoms with van der Waals surface area (Å²) in [4.78, 5) is 35.6. The highest BCUT2D eigenvalue weighted by Gasteiger charge is 2.46. The van der Waals surface area contributed by atoms with Crippen molar-refractivity contribution in [2.75, 3.05) is 13.2 Å². The summed E-state index contributed by atoms with van der Waals surface area (Å²) in [5.74, 6) is -1.48. The van der Waals surface area contributed by atoms with Crippen LogP contribution in [0.5, 0.6) is 0 Å². The number of para-hydroxylation sites is 1. The fourth-order valence-corrected chi connectivity index (χ4v) is 6.62. The van der Waals surface area contributed by atoms with E-state index in [1.165, 1.54) is 12.1 Å². The minimum Gasteiger partial charge on any atom is -0.456 e. The van der Waals surface area contributed by atoms with Gasteiger partial charge in [-0.25, -0.2) is 8.42 Å². The van der Waals surface area contributed by atoms with Gasteiger partial charge in [-0.2, -0.15) is 4.31 Å². The number of nitrogens with zero attached hydrogens (tertiary/aromatic N) is 2. The van der Waals surface area contributed by atoms with Crippen LogP contribution in [0.3, 0.4) is 0 Å². The van der Waals surface area contributed by atoms with E-state index >= 15 is 0 Å². The molecule has 0 aromatic heterocycles. The molecule has 1 fully saturated rings. The van der Waals surface area contributed by atoms with E-state index in [0.717, 1.165) is 40.8 Å². The third-order valence-electron chi connectivity index (χ3n) is 6.62. The summed E-state index contributed by atoms with van der Waals surface area (Å²) in [6.45, 7) is -1.06. The first kappa shape index (κ1) is 24.8. The number of aliphatic hydroxyl groups excluding tert-OH is 1. The molecule has 37 heavy (non-hydrogen) atoms. The number of β-amino-alcohol motifs (C(OH)–C–C–N with tert-alkyl or cyclic N) is 1. The third kappa shape index (κ3) is 4.52. The van der Waals surface area contributed by atoms with E-state index in [-0.39, 0.29) is 6.42 Å². The van der Waals surface area contributed by atoms with E-state index in [1.807, 2.05) is 30.3 Å². The topological polar surface area (TPSA) is 144 Å². The highest BCUT2D eigenvalue weighted by Crippen LogP contribution is 2.37. The largest absolute Gasteiger partial charge is 0.456 e. The zero-order valence-electron chi connectivity index (χ0n) is 19.4. The molecule has 190 valence electrons. The number of ketones is 1. The van der Waals surface area contributed by atoms with Crippen LogP contribution in [0.2, 0.25) is 0 Å². The Hall–Kier alpha value is -3.93. The molecule has 0 saturated carbocycles. The van der Waals surface area contributed by atoms with Gasteiger partial charge in [-0.1, -0.05) is 48.5 Å². The molecule has 3 aromatic carbocycles. The number of carbonyl (C=O) groups excluding carboxylic acids is 2. The number of benzene rings is 3. The van der Waals surface area contributed by atoms with Gasteiger partial charge in [0.2, 0.25) is 0 Å². The Kier molecular flexibility index (Phi) is 6.36. The van der Waals surface area contributed by atoms with Crippen molar-refractivity contribution in [3.05, 3.63) is 93.5 Å². The van der Waals surface area contributed by atoms with Gasteiger partial charge in [0.05, 0.1) is 11.0 Å². The maximum Gasteiger partial charge on any atom is 0.325 e. The van der Waals surface area contributed by atoms with Gasteiger partial charge in [-0.3, -0.25) is 19.7 Å². The van der Waals surface area contributed by atoms with Crippen molar-refractivity contribution < 1.29 is 32.8 Å². The fraction of sp³-hybridized carbons (Fsp3) is 0.231. The number of aliphatic hydroxyl groups is 1. The second kappa shape index (κ2) is 9.51. The monoisotopic (exact) mass is 522 g/mol. The van der Waals surface area contributed by atoms with E-state index in [0.29, 0.717) is 9.87 Å². The molecule has 0 amide bonds. The first-order valence-corrected chi connectivity index (χ1v) is 12.9. The molecule has 1 aliphatic heterocycles. The SMILES string of the molecule is O=C(COC(=O)C1CC(O)CN1S(=O)(=O)c1ccccc1[N+](=O)[O-])c1ccc2c(c1)-c1ccccc1C2. The quantitative estimate of drug-likeness (QED) is 0.169. The van der Waals surface area contributed by atoms with Crippen LogP contribution in [0, 0.1) is 10.1 Å². The molecule has 2 atom stereocenters. The van der Waals surface area contributed by atoms with Gasteiger partial charge in [-0.15, -0.1) is 0 Å². The van der Waals surface area contributed by atoms with Gasteiger partial charge in [-0.05, 0) is 40.8 Å². The zero-order chi connectivity index (χ0) is 26.3. The van der Waals surface area contributed by atoms with Crippen molar-refractivity contribution in [2.45, 2.75) is 29.9 Å². The number of esters is 1. The first-order chi connectivity index (χ1) is 17.7. The lowest BCUT2D eigenvalue weighted by molar-refractivity contribution is -0.387. The van der Waals surface area contributed by atoms with Gasteiger partial charge in [0, 0.05) is 24.6 Å². The molecule has 1 N–H and O–H groups in total. The summed E-state index contributed by atoms with van der Waals surface area (Å²) in [6, 6.07) is 16.5. The summed E-state index contributed by atoms with van der Waals surface area (Å²) in [5, 5.41) is 21.5. The summed E-state index contributed by atoms with van der Waals surface area (Å²) in [5.41, 5.74) is 3.93. The normalized spacial score (nSPS) is 18.7. The molecule has 3 aromatic rings. The molecule has 0 radical (unpaired) electrons. The van der Waals surface area contributed by atoms with Crippen LogP contribution in [-0.2, 0) is 26.0 Å². The van der Waals surface area contributed by atoms with Crippen LogP contribution in [-0.4, -0.2) is 59.8 Å². The number of carbonyl (C=O) groups is 2. The molecule has 2 aliphatic rings. The predicted molar refractivity (Wildman–Crippen MR) is 131 cm³/mol. The Morgan fingerprint density at radius 3 is 2.51 bits per heavy atom. The Labute approximate surface area is 212 Å². The first-order valence-electron chi connectivity index (χ1n) is 11.5. The van der Waals surface area contributed by atoms with Gasteiger partial charge in [0.25, 0.3) is 15.7 Å². The van der Waals surface area contributed by atoms with Crippen LogP contribution < -0.4 is 0 Å². The molecule has 1 heterocycles. The highest BCUT2D eigenvalue weighted by atomic mass is 32.2. The van der Waals surface area contributed by atoms with Crippen LogP contribution in [0.1, 0.15) is 27.9 Å². The van der Waals surface area contributed by atoms with E-state index in [1.54, 1.807) is 12.1 Å². The lowest BCUT2D eigenvalue weighted by atomic mass is 10.0. The lowest BCUT2D eigenvalue weighted by Gasteiger charge is -2.22. The number of Topliss-reactive ketones (excluding diaryl/α,β-unsaturated/α-hetero) is 1. The maximum atomic E-state index is 13.2. The molecule has 11 heteroatoms. The minimum atomic E-state index is -4.52. The average molecular weight is 523 g/mol. The van der Waals surface area contributed by atoms with Gasteiger partial charge >= 0.3 is 5.97 Å². The van der Waals surface area contributed by atoms with Crippen molar-refractivity contribution >= 4 is 27.5 Å². The average Bonchev–Trinajstić information content (AvgIpc) is 3.47. The van der Waals surface area contributed by atoms with Crippen molar-refractivity contribution in [1.82, 2.24) is 4.31 Å². The smallest absolute Gasteiger partial charge is 0.325 e. The van der Waals surface area contributed by atoms with E-state index < -0.39 is 62.6 Å². The number of nitro benzene ring substituents is 1. The number of rotatable bonds is 7. The molecule has 5 rings (SSSR count). The predicted octanol–water partition coefficient (Wildman–Crippen LogP) is 2.72. The van der Waals surface area contributed by atoms with Gasteiger partial charge in [0.15, 0.2) is 17.3 Å². The number of nitro groups is 1. The number of sulfonamides is 1. The van der Waals surface area contributed by atoms with Crippen LogP contribution >= 0.6 is 0 Å². The third-order valence-corrected chi connectivity index (χ3v) is 8.54. The fourth-order valence-electron chi connectivity index (χ4n) is 4.83. The summed E-state index contributed by atoms with van der Waals surface area (Å²) in [6.07, 6.45) is -0.673. The summed E-state index contributed by atoms with van der Waals surface area (Å²) >= 11 is 0. The number of ether oxygens (including phenoxy) is 1. The van der Waals surface area contributed by atoms with Crippen molar-refractivity contribution in [1.29, 1.82) is 0 Å². The minimum absolute atomic E-state index is 0.261. The van der Waals surface area contributed by atoms with E-state index in [4.69, 9.17) is 4.74 Å². The molecular weight excluding hydrogens is 500 g/mol. The molecular formula is C26H22N2O8S. The molecule has 2 unspecified atom stereocenters. The number of fused-ring (bicyclic) bond motifs is 3. The van der Waals surface area contributed by atoms with E-state index in [9.17, 15) is 33.2 Å². The highest BCUT2D eigenvalue weighted by molar-refractivity contribution is 7.89. The standard InChI is InChI=1S/C26H22N2O8S/c29-19-13-23(27(14-19)37(34,35)25-8-4-3-7-22(25)28(32)33)26(31)36-15-24(30)18-10-9-17-11-16-5-1-2-6-20(16)21(17)12-18/h1-10,12,19,23,29H,11,13-15H2. The van der Waals surface area contributed by atoms with Gasteiger partial charge in [0.1, 0.15) is 6.04 Å². The van der Waals surface area contributed by atoms with Crippen molar-refractivity contribution in [3.63, 3.8) is 0 Å². The van der Waals surface area contributed by atoms with Crippen molar-refractivity contribution in [3.8, 4) is 11.1 Å². The Morgan fingerprint density at radius 2 is 1.73 bits per heavy atom. The second-order valence-corrected chi connectivity index (χ2v) is 10.8. The van der Waals surface area contributed by atoms with Gasteiger partial charge < -0.3 is 9.84 Å². The van der Waals surface area contributed by atoms with Crippen LogP contribution in [0.4, 0.5) is 5.69 Å². The molecule has 1 saturated heterocycles. The van der Waals surface area contributed by atoms with E-state index in [2.05, 4.69) is 0 Å². The Morgan fingerprint density at radius 1 is 1.03 bits per heavy atom. The second-order valence-electron chi connectivity index (χ2n) is 8.94.